The second-order valence-corrected chi connectivity index (χ2v) is 6.66. The maximum Gasteiger partial charge on any atom is 0.163 e. The number of ether oxygens (including phenoxy) is 3. The van der Waals surface area contributed by atoms with Crippen molar-refractivity contribution in [3.05, 3.63) is 78.2 Å². The van der Waals surface area contributed by atoms with Crippen LogP contribution in [0, 0.1) is 0 Å². The van der Waals surface area contributed by atoms with Gasteiger partial charge in [0.25, 0.3) is 0 Å². The number of hydrogen-bond acceptors (Lipinski definition) is 5. The molecule has 0 radical (unpaired) electrons. The first kappa shape index (κ1) is 17.4. The van der Waals surface area contributed by atoms with E-state index in [1.165, 1.54) is 0 Å². The summed E-state index contributed by atoms with van der Waals surface area (Å²) in [4.78, 5) is 4.88. The van der Waals surface area contributed by atoms with E-state index in [0.29, 0.717) is 13.2 Å². The van der Waals surface area contributed by atoms with Crippen LogP contribution in [0.2, 0.25) is 0 Å². The monoisotopic (exact) mass is 385 g/mol. The Balaban J connectivity index is 1.66. The van der Waals surface area contributed by atoms with Gasteiger partial charge in [0.2, 0.25) is 0 Å². The third-order valence-corrected chi connectivity index (χ3v) is 4.80. The molecule has 0 N–H and O–H groups in total. The first-order valence-corrected chi connectivity index (χ1v) is 9.42. The highest BCUT2D eigenvalue weighted by Gasteiger charge is 2.12. The van der Waals surface area contributed by atoms with Gasteiger partial charge in [-0.05, 0) is 48.5 Å². The summed E-state index contributed by atoms with van der Waals surface area (Å²) < 4.78 is 22.7. The molecule has 1 aliphatic heterocycles. The minimum atomic E-state index is 0.547. The van der Waals surface area contributed by atoms with Crippen LogP contribution in [-0.4, -0.2) is 20.3 Å². The molecule has 0 spiro atoms. The summed E-state index contributed by atoms with van der Waals surface area (Å²) in [5, 5.41) is 1.77. The lowest BCUT2D eigenvalue weighted by molar-refractivity contribution is 0.171. The summed E-state index contributed by atoms with van der Waals surface area (Å²) in [6.07, 6.45) is 0. The van der Waals surface area contributed by atoms with Crippen molar-refractivity contribution in [1.29, 1.82) is 0 Å². The Morgan fingerprint density at radius 3 is 2.45 bits per heavy atom. The van der Waals surface area contributed by atoms with Gasteiger partial charge in [0.1, 0.15) is 30.3 Å². The second-order valence-electron chi connectivity index (χ2n) is 6.66. The van der Waals surface area contributed by atoms with Crippen molar-refractivity contribution in [2.24, 2.45) is 4.99 Å². The topological polar surface area (TPSA) is 53.2 Å². The van der Waals surface area contributed by atoms with E-state index in [4.69, 9.17) is 23.6 Å². The van der Waals surface area contributed by atoms with Gasteiger partial charge >= 0.3 is 0 Å². The Morgan fingerprint density at radius 2 is 1.62 bits per heavy atom. The number of rotatable bonds is 3. The van der Waals surface area contributed by atoms with Gasteiger partial charge < -0.3 is 18.6 Å². The quantitative estimate of drug-likeness (QED) is 0.492. The maximum absolute atomic E-state index is 6.14. The predicted octanol–water partition coefficient (Wildman–Crippen LogP) is 5.11. The van der Waals surface area contributed by atoms with E-state index in [2.05, 4.69) is 0 Å². The Bertz CT molecular complexity index is 1240. The highest BCUT2D eigenvalue weighted by molar-refractivity contribution is 5.78. The third-order valence-electron chi connectivity index (χ3n) is 4.80. The SMILES string of the molecule is COc1ccc(-c2cc(=Nc3ccc4c(c3)OCCO4)c3ccccc3o2)cc1. The van der Waals surface area contributed by atoms with Gasteiger partial charge in [-0.15, -0.1) is 0 Å². The number of benzene rings is 3. The van der Waals surface area contributed by atoms with Crippen LogP contribution in [0.5, 0.6) is 17.2 Å². The van der Waals surface area contributed by atoms with Crippen molar-refractivity contribution in [3.8, 4) is 28.6 Å². The minimum absolute atomic E-state index is 0.547. The number of fused-ring (bicyclic) bond motifs is 2. The summed E-state index contributed by atoms with van der Waals surface area (Å²) in [7, 11) is 1.65. The van der Waals surface area contributed by atoms with Crippen molar-refractivity contribution >= 4 is 16.7 Å². The van der Waals surface area contributed by atoms with Crippen LogP contribution in [0.3, 0.4) is 0 Å². The molecule has 5 nitrogen and oxygen atoms in total. The fourth-order valence-corrected chi connectivity index (χ4v) is 3.35. The van der Waals surface area contributed by atoms with Crippen molar-refractivity contribution in [2.45, 2.75) is 0 Å². The fourth-order valence-electron chi connectivity index (χ4n) is 3.35. The van der Waals surface area contributed by atoms with Crippen molar-refractivity contribution in [2.75, 3.05) is 20.3 Å². The molecule has 1 aliphatic rings. The molecule has 5 rings (SSSR count). The summed E-state index contributed by atoms with van der Waals surface area (Å²) in [6, 6.07) is 23.4. The Kier molecular flexibility index (Phi) is 4.41. The van der Waals surface area contributed by atoms with Gasteiger partial charge in [-0.1, -0.05) is 12.1 Å². The highest BCUT2D eigenvalue weighted by Crippen LogP contribution is 2.33. The number of para-hydroxylation sites is 1. The molecule has 0 atom stereocenters. The van der Waals surface area contributed by atoms with Gasteiger partial charge in [-0.25, -0.2) is 4.99 Å². The van der Waals surface area contributed by atoms with Crippen LogP contribution in [0.15, 0.2) is 82.2 Å². The van der Waals surface area contributed by atoms with Crippen molar-refractivity contribution in [3.63, 3.8) is 0 Å². The van der Waals surface area contributed by atoms with E-state index in [9.17, 15) is 0 Å². The first-order chi connectivity index (χ1) is 14.3. The molecule has 1 aromatic heterocycles. The zero-order valence-corrected chi connectivity index (χ0v) is 15.9. The standard InChI is InChI=1S/C24H19NO4/c1-26-18-9-6-16(7-10-18)23-15-20(19-4-2-3-5-21(19)29-23)25-17-8-11-22-24(14-17)28-13-12-27-22/h2-11,14-15H,12-13H2,1H3. The molecule has 0 saturated heterocycles. The lowest BCUT2D eigenvalue weighted by atomic mass is 10.1. The average Bonchev–Trinajstić information content (AvgIpc) is 2.79. The van der Waals surface area contributed by atoms with Crippen LogP contribution in [0.1, 0.15) is 0 Å². The van der Waals surface area contributed by atoms with Crippen molar-refractivity contribution in [1.82, 2.24) is 0 Å². The average molecular weight is 385 g/mol. The molecule has 0 saturated carbocycles. The van der Waals surface area contributed by atoms with Crippen LogP contribution in [0.4, 0.5) is 5.69 Å². The second kappa shape index (κ2) is 7.36. The number of hydrogen-bond donors (Lipinski definition) is 0. The van der Waals surface area contributed by atoms with Gasteiger partial charge in [0.15, 0.2) is 11.5 Å². The van der Waals surface area contributed by atoms with E-state index in [-0.39, 0.29) is 0 Å². The normalized spacial score (nSPS) is 13.5. The van der Waals surface area contributed by atoms with Gasteiger partial charge in [0.05, 0.1) is 18.2 Å². The van der Waals surface area contributed by atoms with Gasteiger partial charge in [0, 0.05) is 23.1 Å². The maximum atomic E-state index is 6.14. The molecule has 5 heteroatoms. The zero-order chi connectivity index (χ0) is 19.6. The Morgan fingerprint density at radius 1 is 0.828 bits per heavy atom. The van der Waals surface area contributed by atoms with Gasteiger partial charge in [-0.3, -0.25) is 0 Å². The largest absolute Gasteiger partial charge is 0.497 e. The molecule has 2 heterocycles. The Labute approximate surface area is 167 Å². The lowest BCUT2D eigenvalue weighted by Gasteiger charge is -2.18. The van der Waals surface area contributed by atoms with Crippen LogP contribution in [-0.2, 0) is 0 Å². The molecule has 0 unspecified atom stereocenters. The summed E-state index contributed by atoms with van der Waals surface area (Å²) in [5.74, 6) is 3.01. The first-order valence-electron chi connectivity index (χ1n) is 9.42. The molecule has 144 valence electrons. The lowest BCUT2D eigenvalue weighted by Crippen LogP contribution is -2.15. The summed E-state index contributed by atoms with van der Waals surface area (Å²) >= 11 is 0. The molecule has 0 amide bonds. The molecular formula is C24H19NO4. The minimum Gasteiger partial charge on any atom is -0.497 e. The van der Waals surface area contributed by atoms with E-state index in [0.717, 1.165) is 50.6 Å². The smallest absolute Gasteiger partial charge is 0.163 e. The molecule has 0 bridgehead atoms. The third kappa shape index (κ3) is 3.43. The summed E-state index contributed by atoms with van der Waals surface area (Å²) in [6.45, 7) is 1.12. The highest BCUT2D eigenvalue weighted by atomic mass is 16.6. The van der Waals surface area contributed by atoms with Crippen LogP contribution < -0.4 is 19.6 Å². The van der Waals surface area contributed by atoms with E-state index in [1.54, 1.807) is 7.11 Å². The van der Waals surface area contributed by atoms with Gasteiger partial charge in [-0.2, -0.15) is 0 Å². The van der Waals surface area contributed by atoms with Crippen LogP contribution >= 0.6 is 0 Å². The molecule has 4 aromatic rings. The fraction of sp³-hybridized carbons (Fsp3) is 0.125. The summed E-state index contributed by atoms with van der Waals surface area (Å²) in [5.41, 5.74) is 2.53. The number of nitrogens with zero attached hydrogens (tertiary/aromatic N) is 1. The molecule has 29 heavy (non-hydrogen) atoms. The molecule has 0 aliphatic carbocycles. The number of methoxy groups -OCH3 is 1. The zero-order valence-electron chi connectivity index (χ0n) is 15.9. The Hall–Kier alpha value is -3.73. The molecular weight excluding hydrogens is 366 g/mol. The van der Waals surface area contributed by atoms with E-state index >= 15 is 0 Å². The van der Waals surface area contributed by atoms with Crippen LogP contribution in [0.25, 0.3) is 22.3 Å². The van der Waals surface area contributed by atoms with E-state index in [1.807, 2.05) is 72.8 Å². The molecule has 0 fully saturated rings. The van der Waals surface area contributed by atoms with Crippen molar-refractivity contribution < 1.29 is 18.6 Å². The predicted molar refractivity (Wildman–Crippen MR) is 111 cm³/mol. The molecule has 3 aromatic carbocycles. The van der Waals surface area contributed by atoms with E-state index < -0.39 is 0 Å².